The minimum Gasteiger partial charge on any atom is -0.508 e. The van der Waals surface area contributed by atoms with Crippen LogP contribution in [0.15, 0.2) is 39.5 Å². The predicted molar refractivity (Wildman–Crippen MR) is 175 cm³/mol. The SMILES string of the molecule is CC12C[C@@](O)(C(C)(O)[C@](C)(OCC3(C)O[C@@H](Oc4c(-c5ccc(O)c(O)c5)oc5cc(O)cc(O)c5c4=O)C(C)(O)[C@](C)(O)[C@]3(C)O)O1)[C@@]2(C)O. The van der Waals surface area contributed by atoms with Gasteiger partial charge in [-0.2, -0.15) is 0 Å². The Bertz CT molecular complexity index is 2000. The smallest absolute Gasteiger partial charge is 0.239 e. The first-order valence-corrected chi connectivity index (χ1v) is 16.1. The normalized spacial score (nSPS) is 43.5. The van der Waals surface area contributed by atoms with E-state index < -0.39 is 109 Å². The van der Waals surface area contributed by atoms with Crippen LogP contribution >= 0.6 is 0 Å². The molecule has 51 heavy (non-hydrogen) atoms. The Morgan fingerprint density at radius 2 is 1.39 bits per heavy atom. The molecular formula is C35H44O16. The zero-order chi connectivity index (χ0) is 38.3. The lowest BCUT2D eigenvalue weighted by atomic mass is 9.46. The van der Waals surface area contributed by atoms with Gasteiger partial charge in [0, 0.05) is 24.1 Å². The molecule has 280 valence electrons. The summed E-state index contributed by atoms with van der Waals surface area (Å²) in [5.74, 6) is -5.48. The molecule has 2 bridgehead atoms. The number of phenols is 4. The molecular weight excluding hydrogens is 676 g/mol. The highest BCUT2D eigenvalue weighted by Crippen LogP contribution is 2.66. The number of ether oxygens (including phenoxy) is 4. The number of benzene rings is 2. The molecule has 10 N–H and O–H groups in total. The number of aliphatic hydroxyl groups is 6. The lowest BCUT2D eigenvalue weighted by Gasteiger charge is -2.75. The lowest BCUT2D eigenvalue weighted by molar-refractivity contribution is -0.517. The molecule has 0 radical (unpaired) electrons. The van der Waals surface area contributed by atoms with Crippen LogP contribution in [0.3, 0.4) is 0 Å². The first-order chi connectivity index (χ1) is 23.0. The van der Waals surface area contributed by atoms with E-state index in [0.717, 1.165) is 45.0 Å². The summed E-state index contributed by atoms with van der Waals surface area (Å²) < 4.78 is 30.3. The second-order valence-electron chi connectivity index (χ2n) is 15.5. The highest BCUT2D eigenvalue weighted by atomic mass is 16.8. The van der Waals surface area contributed by atoms with Gasteiger partial charge in [0.15, 0.2) is 28.6 Å². The van der Waals surface area contributed by atoms with Gasteiger partial charge in [0.25, 0.3) is 0 Å². The molecule has 2 aromatic carbocycles. The van der Waals surface area contributed by atoms with Gasteiger partial charge in [-0.25, -0.2) is 0 Å². The maximum atomic E-state index is 14.0. The number of fused-ring (bicyclic) bond motifs is 3. The summed E-state index contributed by atoms with van der Waals surface area (Å²) in [6.45, 7) is 9.25. The molecule has 10 atom stereocenters. The highest BCUT2D eigenvalue weighted by molar-refractivity contribution is 5.88. The molecule has 1 aliphatic carbocycles. The summed E-state index contributed by atoms with van der Waals surface area (Å²) in [5.41, 5.74) is -18.6. The molecule has 1 aromatic heterocycles. The molecule has 3 saturated heterocycles. The first-order valence-electron chi connectivity index (χ1n) is 16.1. The fourth-order valence-corrected chi connectivity index (χ4v) is 7.65. The van der Waals surface area contributed by atoms with E-state index in [0.29, 0.717) is 0 Å². The maximum absolute atomic E-state index is 14.0. The van der Waals surface area contributed by atoms with Crippen LogP contribution in [-0.2, 0) is 14.2 Å². The number of hydrogen-bond acceptors (Lipinski definition) is 16. The number of rotatable bonds is 6. The van der Waals surface area contributed by atoms with E-state index in [4.69, 9.17) is 23.4 Å². The molecule has 4 heterocycles. The molecule has 3 aliphatic heterocycles. The van der Waals surface area contributed by atoms with Crippen molar-refractivity contribution in [1.82, 2.24) is 0 Å². The van der Waals surface area contributed by atoms with E-state index in [1.165, 1.54) is 40.7 Å². The Hall–Kier alpha value is -3.71. The van der Waals surface area contributed by atoms with Crippen molar-refractivity contribution in [3.05, 3.63) is 40.6 Å². The Labute approximate surface area is 291 Å². The van der Waals surface area contributed by atoms with Gasteiger partial charge >= 0.3 is 0 Å². The largest absolute Gasteiger partial charge is 0.508 e. The first kappa shape index (κ1) is 37.1. The summed E-state index contributed by atoms with van der Waals surface area (Å²) in [5, 5.41) is 110. The van der Waals surface area contributed by atoms with Crippen LogP contribution in [0.4, 0.5) is 0 Å². The van der Waals surface area contributed by atoms with Crippen LogP contribution in [0.25, 0.3) is 22.3 Å². The van der Waals surface area contributed by atoms with Crippen molar-refractivity contribution < 1.29 is 74.4 Å². The van der Waals surface area contributed by atoms with Crippen LogP contribution in [-0.4, -0.2) is 115 Å². The standard InChI is InChI=1S/C35H44O16/c1-27-14-35(46,31(27,5)43)33(7,45)34(8,51-27)47-15-28(2)30(4,42)32(6,44)29(3,41)26(50-28)49-25-23(40)22-20(39)12-17(36)13-21(22)48-24(25)16-9-10-18(37)19(38)11-16/h9-13,26,36-39,41-46H,14-15H2,1-8H3/t26-,27?,28?,29?,30-,31+,32+,33?,34-,35+/m1/s1. The average molecular weight is 721 g/mol. The van der Waals surface area contributed by atoms with Crippen molar-refractivity contribution in [2.24, 2.45) is 0 Å². The number of aromatic hydroxyl groups is 4. The van der Waals surface area contributed by atoms with Gasteiger partial charge < -0.3 is 74.4 Å². The zero-order valence-electron chi connectivity index (χ0n) is 29.3. The summed E-state index contributed by atoms with van der Waals surface area (Å²) in [6, 6.07) is 5.28. The molecule has 4 aliphatic rings. The fraction of sp³-hybridized carbons (Fsp3) is 0.571. The molecule has 0 spiro atoms. The topological polar surface area (TPSA) is 269 Å². The monoisotopic (exact) mass is 720 g/mol. The third-order valence-electron chi connectivity index (χ3n) is 12.3. The Morgan fingerprint density at radius 1 is 0.765 bits per heavy atom. The molecule has 1 saturated carbocycles. The molecule has 3 aromatic rings. The quantitative estimate of drug-likeness (QED) is 0.160. The third-order valence-corrected chi connectivity index (χ3v) is 12.3. The van der Waals surface area contributed by atoms with E-state index in [2.05, 4.69) is 0 Å². The summed E-state index contributed by atoms with van der Waals surface area (Å²) in [4.78, 5) is 14.0. The van der Waals surface area contributed by atoms with E-state index in [1.807, 2.05) is 0 Å². The summed E-state index contributed by atoms with van der Waals surface area (Å²) >= 11 is 0. The van der Waals surface area contributed by atoms with E-state index >= 15 is 0 Å². The Morgan fingerprint density at radius 3 is 1.98 bits per heavy atom. The maximum Gasteiger partial charge on any atom is 0.239 e. The Kier molecular flexibility index (Phi) is 7.60. The van der Waals surface area contributed by atoms with Crippen molar-refractivity contribution in [3.8, 4) is 40.1 Å². The molecule has 4 fully saturated rings. The van der Waals surface area contributed by atoms with Crippen molar-refractivity contribution in [1.29, 1.82) is 0 Å². The van der Waals surface area contributed by atoms with Gasteiger partial charge in [-0.3, -0.25) is 4.79 Å². The highest BCUT2D eigenvalue weighted by Gasteiger charge is 2.85. The van der Waals surface area contributed by atoms with Gasteiger partial charge in [-0.15, -0.1) is 0 Å². The minimum absolute atomic E-state index is 0.0482. The van der Waals surface area contributed by atoms with E-state index in [-0.39, 0.29) is 17.6 Å². The van der Waals surface area contributed by atoms with Crippen LogP contribution in [0, 0.1) is 0 Å². The van der Waals surface area contributed by atoms with Gasteiger partial charge in [0.05, 0.1) is 6.61 Å². The molecule has 4 unspecified atom stereocenters. The third kappa shape index (κ3) is 4.48. The lowest BCUT2D eigenvalue weighted by Crippen LogP contribution is -2.93. The summed E-state index contributed by atoms with van der Waals surface area (Å²) in [6.07, 6.45) is -2.19. The second-order valence-corrected chi connectivity index (χ2v) is 15.5. The van der Waals surface area contributed by atoms with Crippen molar-refractivity contribution >= 4 is 11.0 Å². The number of hydrogen-bond donors (Lipinski definition) is 10. The molecule has 16 nitrogen and oxygen atoms in total. The van der Waals surface area contributed by atoms with Gasteiger partial charge in [0.2, 0.25) is 17.5 Å². The number of phenolic OH excluding ortho intramolecular Hbond substituents is 4. The van der Waals surface area contributed by atoms with Crippen LogP contribution in [0.2, 0.25) is 0 Å². The van der Waals surface area contributed by atoms with Crippen LogP contribution in [0.1, 0.15) is 61.8 Å². The van der Waals surface area contributed by atoms with E-state index in [9.17, 15) is 55.9 Å². The minimum atomic E-state index is -2.55. The fourth-order valence-electron chi connectivity index (χ4n) is 7.65. The van der Waals surface area contributed by atoms with E-state index in [1.54, 1.807) is 0 Å². The predicted octanol–water partition coefficient (Wildman–Crippen LogP) is 1.19. The van der Waals surface area contributed by atoms with Crippen molar-refractivity contribution in [3.63, 3.8) is 0 Å². The van der Waals surface area contributed by atoms with Crippen molar-refractivity contribution in [2.45, 2.75) is 119 Å². The van der Waals surface area contributed by atoms with Gasteiger partial charge in [0.1, 0.15) is 61.7 Å². The van der Waals surface area contributed by atoms with Crippen LogP contribution in [0.5, 0.6) is 28.7 Å². The van der Waals surface area contributed by atoms with Crippen molar-refractivity contribution in [2.75, 3.05) is 6.61 Å². The molecule has 0 amide bonds. The van der Waals surface area contributed by atoms with Crippen LogP contribution < -0.4 is 10.2 Å². The second kappa shape index (κ2) is 10.5. The molecule has 16 heteroatoms. The summed E-state index contributed by atoms with van der Waals surface area (Å²) in [7, 11) is 0. The van der Waals surface area contributed by atoms with Gasteiger partial charge in [-0.05, 0) is 73.6 Å². The zero-order valence-corrected chi connectivity index (χ0v) is 29.3. The average Bonchev–Trinajstić information content (AvgIpc) is 3.00. The van der Waals surface area contributed by atoms with Gasteiger partial charge in [-0.1, -0.05) is 0 Å². The molecule has 7 rings (SSSR count). The Balaban J connectivity index is 1.45.